The maximum Gasteiger partial charge on any atom is 0.243 e. The average molecular weight is 304 g/mol. The van der Waals surface area contributed by atoms with Gasteiger partial charge in [0.2, 0.25) is 10.0 Å². The van der Waals surface area contributed by atoms with Crippen molar-refractivity contribution < 1.29 is 13.2 Å². The largest absolute Gasteiger partial charge is 0.493 e. The molecule has 1 aromatic heterocycles. The molecule has 0 saturated carbocycles. The minimum Gasteiger partial charge on any atom is -0.493 e. The van der Waals surface area contributed by atoms with Crippen LogP contribution in [0, 0.1) is 0 Å². The van der Waals surface area contributed by atoms with Crippen LogP contribution in [-0.2, 0) is 23.0 Å². The molecule has 0 saturated heterocycles. The Bertz CT molecular complexity index is 745. The van der Waals surface area contributed by atoms with Crippen molar-refractivity contribution >= 4 is 10.0 Å². The molecule has 0 fully saturated rings. The van der Waals surface area contributed by atoms with Crippen LogP contribution < -0.4 is 4.74 Å². The average Bonchev–Trinajstić information content (AvgIpc) is 2.95. The van der Waals surface area contributed by atoms with Crippen LogP contribution in [0.15, 0.2) is 47.6 Å². The molecule has 6 heteroatoms. The Morgan fingerprint density at radius 2 is 2.19 bits per heavy atom. The van der Waals surface area contributed by atoms with E-state index in [0.717, 1.165) is 23.3 Å². The number of sulfonamides is 1. The zero-order chi connectivity index (χ0) is 14.9. The van der Waals surface area contributed by atoms with Gasteiger partial charge in [0, 0.05) is 32.4 Å². The fraction of sp³-hybridized carbons (Fsp3) is 0.267. The summed E-state index contributed by atoms with van der Waals surface area (Å²) in [7, 11) is -1.93. The predicted molar refractivity (Wildman–Crippen MR) is 78.5 cm³/mol. The molecular formula is C15H16N2O3S. The number of nitrogens with zero attached hydrogens (tertiary/aromatic N) is 2. The molecule has 1 aromatic carbocycles. The van der Waals surface area contributed by atoms with Crippen LogP contribution in [0.3, 0.4) is 0 Å². The molecular weight excluding hydrogens is 288 g/mol. The highest BCUT2D eigenvalue weighted by Crippen LogP contribution is 2.28. The van der Waals surface area contributed by atoms with E-state index in [0.29, 0.717) is 18.0 Å². The maximum atomic E-state index is 12.6. The highest BCUT2D eigenvalue weighted by molar-refractivity contribution is 7.89. The van der Waals surface area contributed by atoms with Gasteiger partial charge in [-0.15, -0.1) is 0 Å². The van der Waals surface area contributed by atoms with Crippen LogP contribution in [0.1, 0.15) is 11.1 Å². The fourth-order valence-corrected chi connectivity index (χ4v) is 3.55. The van der Waals surface area contributed by atoms with Crippen LogP contribution in [-0.4, -0.2) is 31.4 Å². The minimum atomic E-state index is -3.51. The van der Waals surface area contributed by atoms with Gasteiger partial charge in [0.15, 0.2) is 0 Å². The van der Waals surface area contributed by atoms with E-state index >= 15 is 0 Å². The number of pyridine rings is 1. The summed E-state index contributed by atoms with van der Waals surface area (Å²) >= 11 is 0. The third-order valence-electron chi connectivity index (χ3n) is 3.50. The number of aromatic nitrogens is 1. The van der Waals surface area contributed by atoms with Gasteiger partial charge >= 0.3 is 0 Å². The van der Waals surface area contributed by atoms with Gasteiger partial charge < -0.3 is 4.74 Å². The number of ether oxygens (including phenoxy) is 1. The molecule has 110 valence electrons. The van der Waals surface area contributed by atoms with Crippen LogP contribution in [0.2, 0.25) is 0 Å². The lowest BCUT2D eigenvalue weighted by Gasteiger charge is -2.17. The quantitative estimate of drug-likeness (QED) is 0.865. The second-order valence-corrected chi connectivity index (χ2v) is 7.04. The van der Waals surface area contributed by atoms with Gasteiger partial charge in [-0.1, -0.05) is 6.07 Å². The molecule has 0 atom stereocenters. The van der Waals surface area contributed by atoms with Crippen molar-refractivity contribution in [3.05, 3.63) is 53.9 Å². The molecule has 0 bridgehead atoms. The topological polar surface area (TPSA) is 59.5 Å². The van der Waals surface area contributed by atoms with Gasteiger partial charge in [-0.2, -0.15) is 4.31 Å². The first-order chi connectivity index (χ1) is 10.1. The molecule has 0 radical (unpaired) electrons. The van der Waals surface area contributed by atoms with E-state index in [1.807, 2.05) is 6.07 Å². The zero-order valence-corrected chi connectivity index (χ0v) is 12.5. The highest BCUT2D eigenvalue weighted by Gasteiger charge is 2.23. The summed E-state index contributed by atoms with van der Waals surface area (Å²) < 4.78 is 31.9. The Morgan fingerprint density at radius 3 is 2.95 bits per heavy atom. The molecule has 0 amide bonds. The number of hydrogen-bond acceptors (Lipinski definition) is 4. The van der Waals surface area contributed by atoms with Crippen molar-refractivity contribution in [1.82, 2.24) is 9.29 Å². The van der Waals surface area contributed by atoms with Crippen LogP contribution in [0.4, 0.5) is 0 Å². The number of hydrogen-bond donors (Lipinski definition) is 0. The Labute approximate surface area is 124 Å². The van der Waals surface area contributed by atoms with E-state index in [4.69, 9.17) is 4.74 Å². The van der Waals surface area contributed by atoms with Gasteiger partial charge in [0.1, 0.15) is 5.75 Å². The fourth-order valence-electron chi connectivity index (χ4n) is 2.34. The molecule has 21 heavy (non-hydrogen) atoms. The van der Waals surface area contributed by atoms with E-state index in [2.05, 4.69) is 4.98 Å². The summed E-state index contributed by atoms with van der Waals surface area (Å²) in [6, 6.07) is 8.68. The first kappa shape index (κ1) is 14.0. The first-order valence-corrected chi connectivity index (χ1v) is 8.12. The third kappa shape index (κ3) is 2.77. The van der Waals surface area contributed by atoms with Crippen molar-refractivity contribution in [1.29, 1.82) is 0 Å². The number of rotatable bonds is 4. The second-order valence-electron chi connectivity index (χ2n) is 4.99. The van der Waals surface area contributed by atoms with Gasteiger partial charge in [-0.25, -0.2) is 8.42 Å². The summed E-state index contributed by atoms with van der Waals surface area (Å²) in [5.41, 5.74) is 1.80. The molecule has 0 aliphatic carbocycles. The summed E-state index contributed by atoms with van der Waals surface area (Å²) in [6.45, 7) is 0.911. The third-order valence-corrected chi connectivity index (χ3v) is 5.30. The molecule has 5 nitrogen and oxygen atoms in total. The smallest absolute Gasteiger partial charge is 0.243 e. The molecule has 2 aromatic rings. The lowest BCUT2D eigenvalue weighted by atomic mass is 10.2. The zero-order valence-electron chi connectivity index (χ0n) is 11.7. The van der Waals surface area contributed by atoms with E-state index in [1.165, 1.54) is 4.31 Å². The number of benzene rings is 1. The van der Waals surface area contributed by atoms with E-state index in [9.17, 15) is 8.42 Å². The van der Waals surface area contributed by atoms with Crippen molar-refractivity contribution in [2.75, 3.05) is 13.7 Å². The van der Waals surface area contributed by atoms with Crippen molar-refractivity contribution in [2.45, 2.75) is 17.9 Å². The molecule has 1 aliphatic heterocycles. The first-order valence-electron chi connectivity index (χ1n) is 6.68. The predicted octanol–water partition coefficient (Wildman–Crippen LogP) is 1.84. The SMILES string of the molecule is CN(Cc1cccnc1)S(=O)(=O)c1ccc2c(c1)CCO2. The normalized spacial score (nSPS) is 14.0. The van der Waals surface area contributed by atoms with Crippen molar-refractivity contribution in [3.8, 4) is 5.75 Å². The van der Waals surface area contributed by atoms with Gasteiger partial charge in [0.25, 0.3) is 0 Å². The summed E-state index contributed by atoms with van der Waals surface area (Å²) in [5.74, 6) is 0.781. The highest BCUT2D eigenvalue weighted by atomic mass is 32.2. The van der Waals surface area contributed by atoms with Crippen molar-refractivity contribution in [2.24, 2.45) is 0 Å². The minimum absolute atomic E-state index is 0.295. The second kappa shape index (κ2) is 5.46. The Kier molecular flexibility index (Phi) is 3.65. The van der Waals surface area contributed by atoms with Gasteiger partial charge in [-0.05, 0) is 35.4 Å². The van der Waals surface area contributed by atoms with E-state index < -0.39 is 10.0 Å². The molecule has 2 heterocycles. The molecule has 0 spiro atoms. The number of fused-ring (bicyclic) bond motifs is 1. The molecule has 0 unspecified atom stereocenters. The summed E-state index contributed by atoms with van der Waals surface area (Å²) in [4.78, 5) is 4.31. The standard InChI is InChI=1S/C15H16N2O3S/c1-17(11-12-3-2-7-16-10-12)21(18,19)14-4-5-15-13(9-14)6-8-20-15/h2-5,7,9-10H,6,8,11H2,1H3. The molecule has 3 rings (SSSR count). The van der Waals surface area contributed by atoms with Crippen molar-refractivity contribution in [3.63, 3.8) is 0 Å². The lowest BCUT2D eigenvalue weighted by molar-refractivity contribution is 0.356. The summed E-state index contributed by atoms with van der Waals surface area (Å²) in [5, 5.41) is 0. The van der Waals surface area contributed by atoms with Crippen LogP contribution in [0.5, 0.6) is 5.75 Å². The summed E-state index contributed by atoms with van der Waals surface area (Å²) in [6.07, 6.45) is 4.09. The van der Waals surface area contributed by atoms with E-state index in [-0.39, 0.29) is 0 Å². The Hall–Kier alpha value is -1.92. The van der Waals surface area contributed by atoms with Crippen LogP contribution >= 0.6 is 0 Å². The van der Waals surface area contributed by atoms with Gasteiger partial charge in [0.05, 0.1) is 11.5 Å². The molecule has 0 N–H and O–H groups in total. The Balaban J connectivity index is 1.86. The lowest BCUT2D eigenvalue weighted by Crippen LogP contribution is -2.26. The Morgan fingerprint density at radius 1 is 1.33 bits per heavy atom. The monoisotopic (exact) mass is 304 g/mol. The maximum absolute atomic E-state index is 12.6. The van der Waals surface area contributed by atoms with E-state index in [1.54, 1.807) is 43.7 Å². The molecule has 1 aliphatic rings. The van der Waals surface area contributed by atoms with Gasteiger partial charge in [-0.3, -0.25) is 4.98 Å². The van der Waals surface area contributed by atoms with Crippen LogP contribution in [0.25, 0.3) is 0 Å².